The van der Waals surface area contributed by atoms with Gasteiger partial charge >= 0.3 is 0 Å². The minimum absolute atomic E-state index is 0.427. The Labute approximate surface area is 209 Å². The third-order valence-electron chi connectivity index (χ3n) is 7.26. The first-order valence-corrected chi connectivity index (χ1v) is 13.3. The summed E-state index contributed by atoms with van der Waals surface area (Å²) >= 11 is 1.67. The van der Waals surface area contributed by atoms with Gasteiger partial charge in [-0.05, 0) is 80.9 Å². The summed E-state index contributed by atoms with van der Waals surface area (Å²) < 4.78 is 8.09. The molecule has 1 saturated heterocycles. The minimum Gasteiger partial charge on any atom is -0.464 e. The summed E-state index contributed by atoms with van der Waals surface area (Å²) in [6, 6.07) is 8.56. The monoisotopic (exact) mass is 489 g/mol. The van der Waals surface area contributed by atoms with Crippen molar-refractivity contribution in [2.45, 2.75) is 48.7 Å². The minimum atomic E-state index is 0.427. The molecule has 4 aromatic rings. The smallest absolute Gasteiger partial charge is 0.175 e. The summed E-state index contributed by atoms with van der Waals surface area (Å²) in [7, 11) is 2.17. The van der Waals surface area contributed by atoms with E-state index in [1.54, 1.807) is 18.0 Å². The van der Waals surface area contributed by atoms with Crippen LogP contribution in [-0.4, -0.2) is 46.2 Å². The van der Waals surface area contributed by atoms with Gasteiger partial charge in [-0.2, -0.15) is 0 Å². The normalized spacial score (nSPS) is 16.7. The third-order valence-corrected chi connectivity index (χ3v) is 8.32. The van der Waals surface area contributed by atoms with E-state index in [0.29, 0.717) is 17.3 Å². The fourth-order valence-corrected chi connectivity index (χ4v) is 6.39. The zero-order valence-corrected chi connectivity index (χ0v) is 20.9. The molecule has 3 aromatic heterocycles. The van der Waals surface area contributed by atoms with Crippen molar-refractivity contribution < 1.29 is 4.42 Å². The average molecular weight is 490 g/mol. The number of piperidine rings is 1. The van der Waals surface area contributed by atoms with Crippen LogP contribution in [0.4, 0.5) is 11.5 Å². The van der Waals surface area contributed by atoms with Crippen molar-refractivity contribution in [2.24, 2.45) is 5.92 Å². The summed E-state index contributed by atoms with van der Waals surface area (Å²) in [5, 5.41) is 4.36. The second kappa shape index (κ2) is 9.54. The summed E-state index contributed by atoms with van der Waals surface area (Å²) in [6.45, 7) is 4.13. The molecule has 0 amide bonds. The fraction of sp³-hybridized carbons (Fsp3) is 0.423. The van der Waals surface area contributed by atoms with Crippen molar-refractivity contribution in [3.8, 4) is 11.3 Å². The number of fused-ring (bicyclic) bond motifs is 2. The third kappa shape index (κ3) is 4.38. The van der Waals surface area contributed by atoms with E-state index in [4.69, 9.17) is 15.1 Å². The molecule has 0 unspecified atom stereocenters. The molecule has 0 radical (unpaired) electrons. The van der Waals surface area contributed by atoms with Crippen LogP contribution >= 0.6 is 11.8 Å². The summed E-state index contributed by atoms with van der Waals surface area (Å²) in [4.78, 5) is 17.2. The molecular weight excluding hydrogens is 458 g/mol. The molecule has 0 aliphatic carbocycles. The van der Waals surface area contributed by atoms with Crippen LogP contribution in [0.15, 0.2) is 51.3 Å². The Morgan fingerprint density at radius 2 is 2.11 bits per heavy atom. The standard InChI is InChI=1S/C26H31N7OS/c1-32-11-2-4-18-14-22(19(15-20(18)32)21-5-3-13-34-21)35-26-31-23-24(27)29-16-30-25(23)33(26)12-8-17-6-9-28-10-7-17/h3,5,13-17,28H,2,4,6-12H2,1H3,(H2,27,29,30). The van der Waals surface area contributed by atoms with Crippen LogP contribution < -0.4 is 16.0 Å². The molecular formula is C26H31N7OS. The van der Waals surface area contributed by atoms with Gasteiger partial charge in [0.05, 0.1) is 6.26 Å². The maximum Gasteiger partial charge on any atom is 0.175 e. The molecule has 0 spiro atoms. The quantitative estimate of drug-likeness (QED) is 0.406. The number of benzene rings is 1. The zero-order valence-electron chi connectivity index (χ0n) is 20.0. The Balaban J connectivity index is 1.41. The molecule has 9 heteroatoms. The van der Waals surface area contributed by atoms with E-state index >= 15 is 0 Å². The van der Waals surface area contributed by atoms with Gasteiger partial charge in [0.15, 0.2) is 22.1 Å². The molecule has 0 atom stereocenters. The number of nitrogen functional groups attached to an aromatic ring is 1. The number of nitrogens with one attached hydrogen (secondary N) is 1. The maximum absolute atomic E-state index is 6.22. The number of hydrogen-bond donors (Lipinski definition) is 2. The van der Waals surface area contributed by atoms with Crippen LogP contribution in [0, 0.1) is 5.92 Å². The molecule has 35 heavy (non-hydrogen) atoms. The Morgan fingerprint density at radius 1 is 1.23 bits per heavy atom. The topological polar surface area (TPSA) is 98.0 Å². The average Bonchev–Trinajstić information content (AvgIpc) is 3.53. The summed E-state index contributed by atoms with van der Waals surface area (Å²) in [6.07, 6.45) is 9.05. The molecule has 182 valence electrons. The number of aromatic nitrogens is 4. The van der Waals surface area contributed by atoms with Gasteiger partial charge in [-0.1, -0.05) is 11.8 Å². The van der Waals surface area contributed by atoms with E-state index in [2.05, 4.69) is 43.9 Å². The van der Waals surface area contributed by atoms with Crippen LogP contribution in [0.1, 0.15) is 31.2 Å². The molecule has 5 heterocycles. The van der Waals surface area contributed by atoms with E-state index in [9.17, 15) is 0 Å². The largest absolute Gasteiger partial charge is 0.464 e. The molecule has 2 aliphatic heterocycles. The van der Waals surface area contributed by atoms with Crippen molar-refractivity contribution in [3.05, 3.63) is 42.4 Å². The van der Waals surface area contributed by atoms with Crippen molar-refractivity contribution in [3.63, 3.8) is 0 Å². The number of imidazole rings is 1. The van der Waals surface area contributed by atoms with Crippen molar-refractivity contribution in [2.75, 3.05) is 37.3 Å². The van der Waals surface area contributed by atoms with Crippen molar-refractivity contribution >= 4 is 34.4 Å². The molecule has 2 aliphatic rings. The number of rotatable bonds is 6. The molecule has 0 saturated carbocycles. The van der Waals surface area contributed by atoms with E-state index in [-0.39, 0.29) is 0 Å². The lowest BCUT2D eigenvalue weighted by molar-refractivity contribution is 0.335. The number of nitrogens with zero attached hydrogens (tertiary/aromatic N) is 5. The highest BCUT2D eigenvalue weighted by molar-refractivity contribution is 7.99. The van der Waals surface area contributed by atoms with Crippen LogP contribution in [-0.2, 0) is 13.0 Å². The first kappa shape index (κ1) is 22.4. The lowest BCUT2D eigenvalue weighted by atomic mass is 9.95. The second-order valence-corrected chi connectivity index (χ2v) is 10.5. The van der Waals surface area contributed by atoms with E-state index in [1.807, 2.05) is 12.1 Å². The SMILES string of the molecule is CN1CCCc2cc(Sc3nc4c(N)ncnc4n3CCC3CCNCC3)c(-c3ccco3)cc21. The van der Waals surface area contributed by atoms with Crippen LogP contribution in [0.25, 0.3) is 22.5 Å². The van der Waals surface area contributed by atoms with Gasteiger partial charge in [-0.15, -0.1) is 0 Å². The molecule has 1 aromatic carbocycles. The van der Waals surface area contributed by atoms with Gasteiger partial charge < -0.3 is 24.9 Å². The fourth-order valence-electron chi connectivity index (χ4n) is 5.30. The van der Waals surface area contributed by atoms with Crippen molar-refractivity contribution in [1.82, 2.24) is 24.8 Å². The molecule has 3 N–H and O–H groups in total. The number of furan rings is 1. The molecule has 1 fully saturated rings. The molecule has 6 rings (SSSR count). The Morgan fingerprint density at radius 3 is 2.94 bits per heavy atom. The maximum atomic E-state index is 6.22. The van der Waals surface area contributed by atoms with Gasteiger partial charge in [0.25, 0.3) is 0 Å². The highest BCUT2D eigenvalue weighted by Crippen LogP contribution is 2.42. The van der Waals surface area contributed by atoms with Gasteiger partial charge in [0.1, 0.15) is 12.1 Å². The van der Waals surface area contributed by atoms with E-state index in [1.165, 1.54) is 30.4 Å². The lowest BCUT2D eigenvalue weighted by Gasteiger charge is -2.28. The highest BCUT2D eigenvalue weighted by Gasteiger charge is 2.23. The predicted octanol–water partition coefficient (Wildman–Crippen LogP) is 4.59. The highest BCUT2D eigenvalue weighted by atomic mass is 32.2. The summed E-state index contributed by atoms with van der Waals surface area (Å²) in [5.41, 5.74) is 11.4. The number of anilines is 2. The summed E-state index contributed by atoms with van der Waals surface area (Å²) in [5.74, 6) is 2.01. The van der Waals surface area contributed by atoms with Gasteiger partial charge in [0.2, 0.25) is 0 Å². The van der Waals surface area contributed by atoms with E-state index < -0.39 is 0 Å². The van der Waals surface area contributed by atoms with Crippen LogP contribution in [0.2, 0.25) is 0 Å². The van der Waals surface area contributed by atoms with E-state index in [0.717, 1.165) is 72.5 Å². The van der Waals surface area contributed by atoms with Gasteiger partial charge in [0, 0.05) is 36.3 Å². The second-order valence-electron chi connectivity index (χ2n) is 9.54. The number of hydrogen-bond acceptors (Lipinski definition) is 8. The molecule has 0 bridgehead atoms. The van der Waals surface area contributed by atoms with Crippen LogP contribution in [0.3, 0.4) is 0 Å². The molecule has 8 nitrogen and oxygen atoms in total. The number of nitrogens with two attached hydrogens (primary N) is 1. The van der Waals surface area contributed by atoms with Gasteiger partial charge in [-0.3, -0.25) is 0 Å². The van der Waals surface area contributed by atoms with Crippen molar-refractivity contribution in [1.29, 1.82) is 0 Å². The zero-order chi connectivity index (χ0) is 23.8. The van der Waals surface area contributed by atoms with Crippen LogP contribution in [0.5, 0.6) is 0 Å². The Kier molecular flexibility index (Phi) is 6.12. The Hall–Kier alpha value is -3.04. The van der Waals surface area contributed by atoms with Gasteiger partial charge in [-0.25, -0.2) is 15.0 Å². The number of aryl methyl sites for hydroxylation is 2. The lowest BCUT2D eigenvalue weighted by Crippen LogP contribution is -2.28. The Bertz CT molecular complexity index is 1330. The predicted molar refractivity (Wildman–Crippen MR) is 140 cm³/mol. The first-order chi connectivity index (χ1) is 17.2. The first-order valence-electron chi connectivity index (χ1n) is 12.4.